The number of hydrogen-bond acceptors (Lipinski definition) is 2. The van der Waals surface area contributed by atoms with Crippen LogP contribution in [0.5, 0.6) is 11.5 Å². The quantitative estimate of drug-likeness (QED) is 0.563. The maximum Gasteiger partial charge on any atom is 0.168 e. The first-order valence-electron chi connectivity index (χ1n) is 7.76. The summed E-state index contributed by atoms with van der Waals surface area (Å²) in [6.45, 7) is 9.94. The molecule has 0 spiro atoms. The number of aryl methyl sites for hydroxylation is 1. The van der Waals surface area contributed by atoms with Crippen LogP contribution in [-0.4, -0.2) is 13.2 Å². The Kier molecular flexibility index (Phi) is 7.86. The Morgan fingerprint density at radius 2 is 1.55 bits per heavy atom. The van der Waals surface area contributed by atoms with Gasteiger partial charge >= 0.3 is 0 Å². The van der Waals surface area contributed by atoms with E-state index in [0.717, 1.165) is 61.5 Å². The van der Waals surface area contributed by atoms with Crippen molar-refractivity contribution < 1.29 is 9.47 Å². The third-order valence-electron chi connectivity index (χ3n) is 3.17. The molecule has 0 atom stereocenters. The molecule has 0 unspecified atom stereocenters. The number of unbranched alkanes of at least 4 members (excludes halogenated alkanes) is 2. The molecular weight excluding hydrogens is 248 g/mol. The Morgan fingerprint density at radius 1 is 0.950 bits per heavy atom. The highest BCUT2D eigenvalue weighted by molar-refractivity contribution is 5.64. The van der Waals surface area contributed by atoms with Crippen molar-refractivity contribution in [1.82, 2.24) is 0 Å². The maximum atomic E-state index is 6.00. The molecule has 0 fully saturated rings. The third-order valence-corrected chi connectivity index (χ3v) is 3.17. The Bertz CT molecular complexity index is 422. The lowest BCUT2D eigenvalue weighted by molar-refractivity contribution is 0.260. The van der Waals surface area contributed by atoms with Crippen LogP contribution in [0.1, 0.15) is 57.6 Å². The fourth-order valence-electron chi connectivity index (χ4n) is 1.95. The largest absolute Gasteiger partial charge is 0.489 e. The van der Waals surface area contributed by atoms with Crippen LogP contribution in [0, 0.1) is 6.92 Å². The second kappa shape index (κ2) is 9.46. The van der Waals surface area contributed by atoms with Crippen LogP contribution in [0.2, 0.25) is 0 Å². The first-order valence-corrected chi connectivity index (χ1v) is 7.76. The van der Waals surface area contributed by atoms with Gasteiger partial charge in [-0.3, -0.25) is 0 Å². The molecule has 0 aliphatic heterocycles. The molecule has 1 aromatic rings. The van der Waals surface area contributed by atoms with Crippen molar-refractivity contribution in [3.8, 4) is 11.5 Å². The fourth-order valence-corrected chi connectivity index (χ4v) is 1.95. The number of rotatable bonds is 9. The molecule has 0 aliphatic rings. The topological polar surface area (TPSA) is 18.5 Å². The minimum absolute atomic E-state index is 0.745. The summed E-state index contributed by atoms with van der Waals surface area (Å²) in [4.78, 5) is 0. The third kappa shape index (κ3) is 4.92. The molecule has 0 N–H and O–H groups in total. The Balaban J connectivity index is 2.98. The number of allylic oxidation sites excluding steroid dienone is 1. The van der Waals surface area contributed by atoms with Crippen LogP contribution in [0.3, 0.4) is 0 Å². The Hall–Kier alpha value is -1.44. The highest BCUT2D eigenvalue weighted by atomic mass is 16.5. The van der Waals surface area contributed by atoms with Crippen LogP contribution < -0.4 is 9.47 Å². The van der Waals surface area contributed by atoms with E-state index < -0.39 is 0 Å². The van der Waals surface area contributed by atoms with E-state index in [9.17, 15) is 0 Å². The van der Waals surface area contributed by atoms with Crippen molar-refractivity contribution in [3.05, 3.63) is 29.3 Å². The Labute approximate surface area is 123 Å². The van der Waals surface area contributed by atoms with Gasteiger partial charge in [0.15, 0.2) is 11.5 Å². The van der Waals surface area contributed by atoms with Gasteiger partial charge in [0, 0.05) is 5.56 Å². The van der Waals surface area contributed by atoms with Gasteiger partial charge in [0.2, 0.25) is 0 Å². The van der Waals surface area contributed by atoms with Gasteiger partial charge in [0.05, 0.1) is 13.2 Å². The predicted octanol–water partition coefficient (Wildman–Crippen LogP) is 5.39. The molecule has 20 heavy (non-hydrogen) atoms. The van der Waals surface area contributed by atoms with Crippen molar-refractivity contribution >= 4 is 6.08 Å². The minimum Gasteiger partial charge on any atom is -0.489 e. The van der Waals surface area contributed by atoms with E-state index in [4.69, 9.17) is 9.47 Å². The summed E-state index contributed by atoms with van der Waals surface area (Å²) in [6, 6.07) is 4.20. The SMILES string of the molecule is C/C=C/c1ccc(C)c(OCCCC)c1OCCCC. The first kappa shape index (κ1) is 16.6. The first-order chi connectivity index (χ1) is 9.74. The molecule has 1 aromatic carbocycles. The zero-order valence-corrected chi connectivity index (χ0v) is 13.4. The molecule has 0 amide bonds. The molecule has 1 rings (SSSR count). The van der Waals surface area contributed by atoms with E-state index in [0.29, 0.717) is 0 Å². The fraction of sp³-hybridized carbons (Fsp3) is 0.556. The summed E-state index contributed by atoms with van der Waals surface area (Å²) in [5, 5.41) is 0. The van der Waals surface area contributed by atoms with Gasteiger partial charge < -0.3 is 9.47 Å². The Morgan fingerprint density at radius 3 is 2.10 bits per heavy atom. The van der Waals surface area contributed by atoms with Crippen LogP contribution in [0.15, 0.2) is 18.2 Å². The normalized spacial score (nSPS) is 11.0. The molecule has 0 saturated heterocycles. The van der Waals surface area contributed by atoms with E-state index in [1.807, 2.05) is 13.0 Å². The van der Waals surface area contributed by atoms with Gasteiger partial charge in [0.1, 0.15) is 0 Å². The molecule has 112 valence electrons. The highest BCUT2D eigenvalue weighted by Gasteiger charge is 2.12. The average Bonchev–Trinajstić information content (AvgIpc) is 2.45. The van der Waals surface area contributed by atoms with Gasteiger partial charge in [0.25, 0.3) is 0 Å². The van der Waals surface area contributed by atoms with Crippen molar-refractivity contribution in [3.63, 3.8) is 0 Å². The minimum atomic E-state index is 0.745. The highest BCUT2D eigenvalue weighted by Crippen LogP contribution is 2.36. The second-order valence-electron chi connectivity index (χ2n) is 5.03. The number of hydrogen-bond donors (Lipinski definition) is 0. The number of benzene rings is 1. The van der Waals surface area contributed by atoms with Crippen molar-refractivity contribution in [2.75, 3.05) is 13.2 Å². The summed E-state index contributed by atoms with van der Waals surface area (Å²) >= 11 is 0. The molecule has 0 radical (unpaired) electrons. The zero-order valence-electron chi connectivity index (χ0n) is 13.4. The monoisotopic (exact) mass is 276 g/mol. The standard InChI is InChI=1S/C18H28O2/c1-5-8-13-19-17-15(4)11-12-16(10-7-3)18(17)20-14-9-6-2/h7,10-12H,5-6,8-9,13-14H2,1-4H3/b10-7+. The van der Waals surface area contributed by atoms with Crippen LogP contribution in [-0.2, 0) is 0 Å². The molecule has 2 nitrogen and oxygen atoms in total. The van der Waals surface area contributed by atoms with E-state index in [1.165, 1.54) is 0 Å². The lowest BCUT2D eigenvalue weighted by Gasteiger charge is -2.17. The molecular formula is C18H28O2. The summed E-state index contributed by atoms with van der Waals surface area (Å²) in [7, 11) is 0. The molecule has 0 saturated carbocycles. The second-order valence-corrected chi connectivity index (χ2v) is 5.03. The molecule has 0 bridgehead atoms. The molecule has 0 aliphatic carbocycles. The van der Waals surface area contributed by atoms with Gasteiger partial charge in [-0.25, -0.2) is 0 Å². The predicted molar refractivity (Wildman–Crippen MR) is 86.7 cm³/mol. The smallest absolute Gasteiger partial charge is 0.168 e. The van der Waals surface area contributed by atoms with Gasteiger partial charge in [-0.1, -0.05) is 51.0 Å². The lowest BCUT2D eigenvalue weighted by Crippen LogP contribution is -2.05. The van der Waals surface area contributed by atoms with Gasteiger partial charge in [-0.15, -0.1) is 0 Å². The number of ether oxygens (including phenoxy) is 2. The van der Waals surface area contributed by atoms with E-state index >= 15 is 0 Å². The van der Waals surface area contributed by atoms with Crippen molar-refractivity contribution in [2.45, 2.75) is 53.4 Å². The molecule has 0 heterocycles. The van der Waals surface area contributed by atoms with Gasteiger partial charge in [-0.05, 0) is 32.3 Å². The van der Waals surface area contributed by atoms with Crippen LogP contribution in [0.25, 0.3) is 6.08 Å². The van der Waals surface area contributed by atoms with E-state index in [-0.39, 0.29) is 0 Å². The van der Waals surface area contributed by atoms with E-state index in [2.05, 4.69) is 39.0 Å². The molecule has 0 aromatic heterocycles. The summed E-state index contributed by atoms with van der Waals surface area (Å²) in [6.07, 6.45) is 8.52. The summed E-state index contributed by atoms with van der Waals surface area (Å²) in [5.41, 5.74) is 2.24. The van der Waals surface area contributed by atoms with Crippen molar-refractivity contribution in [2.24, 2.45) is 0 Å². The van der Waals surface area contributed by atoms with Gasteiger partial charge in [-0.2, -0.15) is 0 Å². The molecule has 2 heteroatoms. The van der Waals surface area contributed by atoms with Crippen molar-refractivity contribution in [1.29, 1.82) is 0 Å². The lowest BCUT2D eigenvalue weighted by atomic mass is 10.1. The summed E-state index contributed by atoms with van der Waals surface area (Å²) in [5.74, 6) is 1.80. The summed E-state index contributed by atoms with van der Waals surface area (Å²) < 4.78 is 12.0. The average molecular weight is 276 g/mol. The maximum absolute atomic E-state index is 6.00. The van der Waals surface area contributed by atoms with E-state index in [1.54, 1.807) is 0 Å². The zero-order chi connectivity index (χ0) is 14.8. The van der Waals surface area contributed by atoms with Crippen LogP contribution >= 0.6 is 0 Å². The van der Waals surface area contributed by atoms with Crippen LogP contribution in [0.4, 0.5) is 0 Å².